The van der Waals surface area contributed by atoms with E-state index in [2.05, 4.69) is 15.9 Å². The maximum absolute atomic E-state index is 12.5. The molecule has 20 heavy (non-hydrogen) atoms. The van der Waals surface area contributed by atoms with Crippen LogP contribution in [0.1, 0.15) is 23.7 Å². The van der Waals surface area contributed by atoms with Crippen molar-refractivity contribution in [1.29, 1.82) is 0 Å². The van der Waals surface area contributed by atoms with E-state index in [0.29, 0.717) is 30.8 Å². The Labute approximate surface area is 126 Å². The zero-order valence-corrected chi connectivity index (χ0v) is 13.1. The summed E-state index contributed by atoms with van der Waals surface area (Å²) in [6, 6.07) is 5.25. The molecule has 2 amide bonds. The number of amides is 2. The quantitative estimate of drug-likeness (QED) is 0.911. The van der Waals surface area contributed by atoms with Gasteiger partial charge in [-0.15, -0.1) is 0 Å². The van der Waals surface area contributed by atoms with Crippen molar-refractivity contribution in [2.24, 2.45) is 11.1 Å². The van der Waals surface area contributed by atoms with Crippen LogP contribution < -0.4 is 10.5 Å². The molecule has 108 valence electrons. The van der Waals surface area contributed by atoms with Gasteiger partial charge in [-0.25, -0.2) is 0 Å². The summed E-state index contributed by atoms with van der Waals surface area (Å²) in [5.74, 6) is 0.00643. The largest absolute Gasteiger partial charge is 0.496 e. The number of nitrogens with two attached hydrogens (primary N) is 1. The number of ether oxygens (including phenoxy) is 1. The lowest BCUT2D eigenvalue weighted by Crippen LogP contribution is -2.38. The van der Waals surface area contributed by atoms with E-state index in [4.69, 9.17) is 10.5 Å². The van der Waals surface area contributed by atoms with Crippen molar-refractivity contribution in [3.05, 3.63) is 28.2 Å². The number of hydrogen-bond acceptors (Lipinski definition) is 3. The summed E-state index contributed by atoms with van der Waals surface area (Å²) in [5, 5.41) is 0. The molecule has 2 rings (SSSR count). The van der Waals surface area contributed by atoms with Crippen LogP contribution in [0.15, 0.2) is 22.7 Å². The zero-order chi connectivity index (χ0) is 14.9. The molecule has 1 aliphatic rings. The Kier molecular flexibility index (Phi) is 4.04. The number of likely N-dealkylation sites (tertiary alicyclic amines) is 1. The number of carbonyl (C=O) groups is 2. The Morgan fingerprint density at radius 3 is 2.70 bits per heavy atom. The smallest absolute Gasteiger partial charge is 0.257 e. The SMILES string of the molecule is COc1cc(Br)ccc1C(=O)N1CCC(C)(C(N)=O)C1. The van der Waals surface area contributed by atoms with E-state index in [9.17, 15) is 9.59 Å². The highest BCUT2D eigenvalue weighted by molar-refractivity contribution is 9.10. The molecular formula is C14H17BrN2O3. The van der Waals surface area contributed by atoms with Crippen LogP contribution in [0.3, 0.4) is 0 Å². The van der Waals surface area contributed by atoms with Crippen molar-refractivity contribution >= 4 is 27.7 Å². The molecule has 0 radical (unpaired) electrons. The second-order valence-electron chi connectivity index (χ2n) is 5.25. The molecule has 1 unspecified atom stereocenters. The molecule has 5 nitrogen and oxygen atoms in total. The molecule has 2 N–H and O–H groups in total. The standard InChI is InChI=1S/C14H17BrN2O3/c1-14(13(16)19)5-6-17(8-14)12(18)10-4-3-9(15)7-11(10)20-2/h3-4,7H,5-6,8H2,1-2H3,(H2,16,19). The zero-order valence-electron chi connectivity index (χ0n) is 11.5. The third kappa shape index (κ3) is 2.65. The van der Waals surface area contributed by atoms with Crippen molar-refractivity contribution < 1.29 is 14.3 Å². The van der Waals surface area contributed by atoms with E-state index >= 15 is 0 Å². The fraction of sp³-hybridized carbons (Fsp3) is 0.429. The molecule has 0 saturated carbocycles. The second kappa shape index (κ2) is 5.44. The average Bonchev–Trinajstić information content (AvgIpc) is 2.82. The third-order valence-electron chi connectivity index (χ3n) is 3.75. The summed E-state index contributed by atoms with van der Waals surface area (Å²) in [6.07, 6.45) is 0.590. The van der Waals surface area contributed by atoms with E-state index in [0.717, 1.165) is 4.47 Å². The number of benzene rings is 1. The van der Waals surface area contributed by atoms with Crippen LogP contribution in [0.5, 0.6) is 5.75 Å². The van der Waals surface area contributed by atoms with Crippen LogP contribution in [-0.4, -0.2) is 36.9 Å². The molecule has 0 aromatic heterocycles. The van der Waals surface area contributed by atoms with Gasteiger partial charge >= 0.3 is 0 Å². The van der Waals surface area contributed by atoms with Gasteiger partial charge in [0.25, 0.3) is 5.91 Å². The highest BCUT2D eigenvalue weighted by Gasteiger charge is 2.41. The van der Waals surface area contributed by atoms with Crippen LogP contribution in [0.25, 0.3) is 0 Å². The highest BCUT2D eigenvalue weighted by Crippen LogP contribution is 2.32. The highest BCUT2D eigenvalue weighted by atomic mass is 79.9. The molecule has 1 saturated heterocycles. The third-order valence-corrected chi connectivity index (χ3v) is 4.24. The number of methoxy groups -OCH3 is 1. The van der Waals surface area contributed by atoms with Gasteiger partial charge in [-0.2, -0.15) is 0 Å². The van der Waals surface area contributed by atoms with Gasteiger partial charge < -0.3 is 15.4 Å². The van der Waals surface area contributed by atoms with Gasteiger partial charge in [0, 0.05) is 17.6 Å². The van der Waals surface area contributed by atoms with Gasteiger partial charge in [0.05, 0.1) is 18.1 Å². The maximum atomic E-state index is 12.5. The van der Waals surface area contributed by atoms with Gasteiger partial charge in [-0.05, 0) is 31.5 Å². The Morgan fingerprint density at radius 2 is 2.15 bits per heavy atom. The van der Waals surface area contributed by atoms with E-state index in [1.165, 1.54) is 7.11 Å². The summed E-state index contributed by atoms with van der Waals surface area (Å²) in [5.41, 5.74) is 5.25. The number of halogens is 1. The first kappa shape index (κ1) is 14.8. The normalized spacial score (nSPS) is 21.9. The lowest BCUT2D eigenvalue weighted by Gasteiger charge is -2.21. The minimum absolute atomic E-state index is 0.140. The van der Waals surface area contributed by atoms with Crippen molar-refractivity contribution in [2.75, 3.05) is 20.2 Å². The van der Waals surface area contributed by atoms with E-state index < -0.39 is 5.41 Å². The van der Waals surface area contributed by atoms with Gasteiger partial charge in [-0.3, -0.25) is 9.59 Å². The lowest BCUT2D eigenvalue weighted by molar-refractivity contribution is -0.126. The monoisotopic (exact) mass is 340 g/mol. The first-order valence-electron chi connectivity index (χ1n) is 6.30. The van der Waals surface area contributed by atoms with Crippen molar-refractivity contribution in [3.8, 4) is 5.75 Å². The average molecular weight is 341 g/mol. The molecule has 0 spiro atoms. The maximum Gasteiger partial charge on any atom is 0.257 e. The molecular weight excluding hydrogens is 324 g/mol. The van der Waals surface area contributed by atoms with Crippen molar-refractivity contribution in [1.82, 2.24) is 4.90 Å². The topological polar surface area (TPSA) is 72.6 Å². The number of primary amides is 1. The number of nitrogens with zero attached hydrogens (tertiary/aromatic N) is 1. The Hall–Kier alpha value is -1.56. The molecule has 0 bridgehead atoms. The van der Waals surface area contributed by atoms with E-state index in [1.54, 1.807) is 30.0 Å². The van der Waals surface area contributed by atoms with Crippen LogP contribution >= 0.6 is 15.9 Å². The van der Waals surface area contributed by atoms with Crippen LogP contribution in [0.2, 0.25) is 0 Å². The molecule has 1 heterocycles. The van der Waals surface area contributed by atoms with Crippen LogP contribution in [-0.2, 0) is 4.79 Å². The second-order valence-corrected chi connectivity index (χ2v) is 6.16. The molecule has 1 aromatic rings. The molecule has 1 aliphatic heterocycles. The number of carbonyl (C=O) groups excluding carboxylic acids is 2. The summed E-state index contributed by atoms with van der Waals surface area (Å²) >= 11 is 3.34. The first-order chi connectivity index (χ1) is 9.37. The molecule has 6 heteroatoms. The summed E-state index contributed by atoms with van der Waals surface area (Å²) in [4.78, 5) is 25.6. The Morgan fingerprint density at radius 1 is 1.45 bits per heavy atom. The van der Waals surface area contributed by atoms with Crippen molar-refractivity contribution in [2.45, 2.75) is 13.3 Å². The van der Waals surface area contributed by atoms with Gasteiger partial charge in [0.15, 0.2) is 0 Å². The minimum Gasteiger partial charge on any atom is -0.496 e. The first-order valence-corrected chi connectivity index (χ1v) is 7.09. The predicted molar refractivity (Wildman–Crippen MR) is 78.5 cm³/mol. The van der Waals surface area contributed by atoms with Crippen LogP contribution in [0.4, 0.5) is 0 Å². The summed E-state index contributed by atoms with van der Waals surface area (Å²) in [7, 11) is 1.52. The van der Waals surface area contributed by atoms with Gasteiger partial charge in [-0.1, -0.05) is 15.9 Å². The fourth-order valence-corrected chi connectivity index (χ4v) is 2.69. The Bertz CT molecular complexity index is 561. The molecule has 1 fully saturated rings. The summed E-state index contributed by atoms with van der Waals surface area (Å²) in [6.45, 7) is 2.67. The predicted octanol–water partition coefficient (Wildman–Crippen LogP) is 1.80. The van der Waals surface area contributed by atoms with Gasteiger partial charge in [0.2, 0.25) is 5.91 Å². The number of rotatable bonds is 3. The Balaban J connectivity index is 2.23. The van der Waals surface area contributed by atoms with Crippen LogP contribution in [0, 0.1) is 5.41 Å². The molecule has 1 atom stereocenters. The molecule has 1 aromatic carbocycles. The fourth-order valence-electron chi connectivity index (χ4n) is 2.35. The minimum atomic E-state index is -0.641. The molecule has 0 aliphatic carbocycles. The van der Waals surface area contributed by atoms with Gasteiger partial charge in [0.1, 0.15) is 5.75 Å². The van der Waals surface area contributed by atoms with E-state index in [-0.39, 0.29) is 11.8 Å². The number of hydrogen-bond donors (Lipinski definition) is 1. The van der Waals surface area contributed by atoms with E-state index in [1.807, 2.05) is 0 Å². The lowest BCUT2D eigenvalue weighted by atomic mass is 9.89. The summed E-state index contributed by atoms with van der Waals surface area (Å²) < 4.78 is 6.08. The van der Waals surface area contributed by atoms with Crippen molar-refractivity contribution in [3.63, 3.8) is 0 Å².